The summed E-state index contributed by atoms with van der Waals surface area (Å²) >= 11 is 0. The SMILES string of the molecule is CCOC(=O)C1CCN(C(=O)C2CCCN(c3nc4ncccc4n4cccc34)C2)CC1. The number of pyridine rings is 1. The van der Waals surface area contributed by atoms with Crippen LogP contribution in [0.1, 0.15) is 32.6 Å². The molecule has 168 valence electrons. The first-order chi connectivity index (χ1) is 15.7. The van der Waals surface area contributed by atoms with Crippen LogP contribution in [-0.2, 0) is 14.3 Å². The third kappa shape index (κ3) is 3.78. The number of carbonyl (C=O) groups is 2. The highest BCUT2D eigenvalue weighted by Gasteiger charge is 2.34. The molecule has 5 rings (SSSR count). The van der Waals surface area contributed by atoms with E-state index in [0.29, 0.717) is 44.7 Å². The fourth-order valence-electron chi connectivity index (χ4n) is 5.05. The van der Waals surface area contributed by atoms with Crippen molar-refractivity contribution in [1.29, 1.82) is 0 Å². The molecule has 2 fully saturated rings. The predicted molar refractivity (Wildman–Crippen MR) is 121 cm³/mol. The van der Waals surface area contributed by atoms with E-state index in [2.05, 4.69) is 20.4 Å². The Balaban J connectivity index is 1.31. The van der Waals surface area contributed by atoms with Crippen molar-refractivity contribution < 1.29 is 14.3 Å². The van der Waals surface area contributed by atoms with Crippen LogP contribution < -0.4 is 4.90 Å². The Hall–Kier alpha value is -3.16. The van der Waals surface area contributed by atoms with Crippen LogP contribution in [-0.4, -0.2) is 63.9 Å². The van der Waals surface area contributed by atoms with E-state index in [0.717, 1.165) is 36.2 Å². The van der Waals surface area contributed by atoms with Crippen molar-refractivity contribution in [1.82, 2.24) is 19.3 Å². The predicted octanol–water partition coefficient (Wildman–Crippen LogP) is 2.90. The number of hydrogen-bond acceptors (Lipinski definition) is 6. The summed E-state index contributed by atoms with van der Waals surface area (Å²) < 4.78 is 7.27. The molecular weight excluding hydrogens is 406 g/mol. The highest BCUT2D eigenvalue weighted by molar-refractivity contribution is 5.84. The van der Waals surface area contributed by atoms with Gasteiger partial charge >= 0.3 is 5.97 Å². The van der Waals surface area contributed by atoms with Crippen molar-refractivity contribution in [3.8, 4) is 0 Å². The van der Waals surface area contributed by atoms with Gasteiger partial charge in [-0.1, -0.05) is 0 Å². The number of carbonyl (C=O) groups excluding carboxylic acids is 2. The summed E-state index contributed by atoms with van der Waals surface area (Å²) in [7, 11) is 0. The molecule has 3 aromatic heterocycles. The minimum Gasteiger partial charge on any atom is -0.466 e. The van der Waals surface area contributed by atoms with Gasteiger partial charge in [-0.15, -0.1) is 0 Å². The van der Waals surface area contributed by atoms with E-state index in [1.807, 2.05) is 36.2 Å². The van der Waals surface area contributed by atoms with Crippen molar-refractivity contribution in [3.63, 3.8) is 0 Å². The van der Waals surface area contributed by atoms with E-state index in [9.17, 15) is 9.59 Å². The minimum atomic E-state index is -0.129. The van der Waals surface area contributed by atoms with E-state index in [1.54, 1.807) is 6.20 Å². The van der Waals surface area contributed by atoms with Crippen LogP contribution in [0.3, 0.4) is 0 Å². The van der Waals surface area contributed by atoms with Crippen LogP contribution in [0, 0.1) is 11.8 Å². The topological polar surface area (TPSA) is 80.0 Å². The Morgan fingerprint density at radius 1 is 1.06 bits per heavy atom. The number of piperidine rings is 2. The molecule has 2 aliphatic rings. The zero-order chi connectivity index (χ0) is 22.1. The number of esters is 1. The highest BCUT2D eigenvalue weighted by atomic mass is 16.5. The average molecular weight is 436 g/mol. The Morgan fingerprint density at radius 3 is 2.69 bits per heavy atom. The molecule has 0 bridgehead atoms. The van der Waals surface area contributed by atoms with E-state index in [4.69, 9.17) is 9.72 Å². The van der Waals surface area contributed by atoms with Gasteiger partial charge < -0.3 is 18.9 Å². The molecule has 0 aromatic carbocycles. The molecule has 3 aromatic rings. The minimum absolute atomic E-state index is 0.0564. The number of fused-ring (bicyclic) bond motifs is 3. The normalized spacial score (nSPS) is 20.1. The fraction of sp³-hybridized carbons (Fsp3) is 0.500. The lowest BCUT2D eigenvalue weighted by Gasteiger charge is -2.38. The number of anilines is 1. The van der Waals surface area contributed by atoms with E-state index in [1.165, 1.54) is 0 Å². The second-order valence-corrected chi connectivity index (χ2v) is 8.68. The van der Waals surface area contributed by atoms with Crippen molar-refractivity contribution in [3.05, 3.63) is 36.7 Å². The molecule has 1 amide bonds. The first-order valence-corrected chi connectivity index (χ1v) is 11.6. The number of ether oxygens (including phenoxy) is 1. The van der Waals surface area contributed by atoms with Crippen LogP contribution in [0.15, 0.2) is 36.7 Å². The number of likely N-dealkylation sites (tertiary alicyclic amines) is 1. The lowest BCUT2D eigenvalue weighted by molar-refractivity contribution is -0.151. The van der Waals surface area contributed by atoms with Crippen LogP contribution in [0.5, 0.6) is 0 Å². The second-order valence-electron chi connectivity index (χ2n) is 8.68. The van der Waals surface area contributed by atoms with Gasteiger partial charge in [-0.05, 0) is 56.9 Å². The summed E-state index contributed by atoms with van der Waals surface area (Å²) in [6, 6.07) is 8.03. The van der Waals surface area contributed by atoms with Crippen molar-refractivity contribution >= 4 is 34.4 Å². The monoisotopic (exact) mass is 435 g/mol. The number of amides is 1. The first-order valence-electron chi connectivity index (χ1n) is 11.6. The Labute approximate surface area is 187 Å². The van der Waals surface area contributed by atoms with E-state index >= 15 is 0 Å². The average Bonchev–Trinajstić information content (AvgIpc) is 3.34. The van der Waals surface area contributed by atoms with Gasteiger partial charge in [-0.3, -0.25) is 9.59 Å². The third-order valence-corrected chi connectivity index (χ3v) is 6.71. The number of aromatic nitrogens is 3. The summed E-state index contributed by atoms with van der Waals surface area (Å²) in [4.78, 5) is 38.8. The van der Waals surface area contributed by atoms with Gasteiger partial charge in [-0.25, -0.2) is 9.97 Å². The molecule has 0 radical (unpaired) electrons. The van der Waals surface area contributed by atoms with Gasteiger partial charge in [0.15, 0.2) is 11.5 Å². The third-order valence-electron chi connectivity index (χ3n) is 6.71. The number of nitrogens with zero attached hydrogens (tertiary/aromatic N) is 5. The van der Waals surface area contributed by atoms with E-state index < -0.39 is 0 Å². The second kappa shape index (κ2) is 8.76. The van der Waals surface area contributed by atoms with Gasteiger partial charge in [0.2, 0.25) is 5.91 Å². The quantitative estimate of drug-likeness (QED) is 0.587. The van der Waals surface area contributed by atoms with Crippen LogP contribution >= 0.6 is 0 Å². The molecule has 32 heavy (non-hydrogen) atoms. The molecule has 5 heterocycles. The van der Waals surface area contributed by atoms with Gasteiger partial charge in [0.05, 0.1) is 29.5 Å². The molecule has 0 saturated carbocycles. The maximum Gasteiger partial charge on any atom is 0.309 e. The fourth-order valence-corrected chi connectivity index (χ4v) is 5.05. The Bertz CT molecular complexity index is 1140. The van der Waals surface area contributed by atoms with Gasteiger partial charge in [0.1, 0.15) is 0 Å². The standard InChI is InChI=1S/C24H29N5O3/c1-2-32-24(31)17-9-14-27(15-10-17)23(30)18-6-4-12-28(16-18)22-20-8-5-13-29(20)19-7-3-11-25-21(19)26-22/h3,5,7-8,11,13,17-18H,2,4,6,9-10,12,14-16H2,1H3. The summed E-state index contributed by atoms with van der Waals surface area (Å²) in [6.07, 6.45) is 7.00. The van der Waals surface area contributed by atoms with Crippen LogP contribution in [0.4, 0.5) is 5.82 Å². The lowest BCUT2D eigenvalue weighted by Crippen LogP contribution is -2.48. The maximum atomic E-state index is 13.3. The van der Waals surface area contributed by atoms with Crippen LogP contribution in [0.2, 0.25) is 0 Å². The molecule has 1 unspecified atom stereocenters. The summed E-state index contributed by atoms with van der Waals surface area (Å²) in [6.45, 7) is 5.01. The Morgan fingerprint density at radius 2 is 1.88 bits per heavy atom. The van der Waals surface area contributed by atoms with Gasteiger partial charge in [-0.2, -0.15) is 0 Å². The van der Waals surface area contributed by atoms with Crippen molar-refractivity contribution in [2.45, 2.75) is 32.6 Å². The van der Waals surface area contributed by atoms with Crippen molar-refractivity contribution in [2.75, 3.05) is 37.7 Å². The zero-order valence-corrected chi connectivity index (χ0v) is 18.4. The van der Waals surface area contributed by atoms with Gasteiger partial charge in [0, 0.05) is 38.6 Å². The Kier molecular flexibility index (Phi) is 5.68. The molecule has 0 N–H and O–H groups in total. The highest BCUT2D eigenvalue weighted by Crippen LogP contribution is 2.30. The smallest absolute Gasteiger partial charge is 0.309 e. The van der Waals surface area contributed by atoms with Gasteiger partial charge in [0.25, 0.3) is 0 Å². The molecule has 2 saturated heterocycles. The molecule has 1 atom stereocenters. The molecule has 8 heteroatoms. The first kappa shape index (κ1) is 20.7. The van der Waals surface area contributed by atoms with Crippen LogP contribution in [0.25, 0.3) is 16.7 Å². The lowest BCUT2D eigenvalue weighted by atomic mass is 9.92. The maximum absolute atomic E-state index is 13.3. The zero-order valence-electron chi connectivity index (χ0n) is 18.4. The largest absolute Gasteiger partial charge is 0.466 e. The number of hydrogen-bond donors (Lipinski definition) is 0. The van der Waals surface area contributed by atoms with E-state index in [-0.39, 0.29) is 23.7 Å². The molecule has 0 aliphatic carbocycles. The molecule has 2 aliphatic heterocycles. The summed E-state index contributed by atoms with van der Waals surface area (Å²) in [5.74, 6) is 0.815. The van der Waals surface area contributed by atoms with Crippen molar-refractivity contribution in [2.24, 2.45) is 11.8 Å². The molecule has 0 spiro atoms. The number of rotatable bonds is 4. The molecule has 8 nitrogen and oxygen atoms in total. The molecular formula is C24H29N5O3. The summed E-state index contributed by atoms with van der Waals surface area (Å²) in [5.41, 5.74) is 2.72. The summed E-state index contributed by atoms with van der Waals surface area (Å²) in [5, 5.41) is 0.